The van der Waals surface area contributed by atoms with Gasteiger partial charge in [-0.25, -0.2) is 9.50 Å². The van der Waals surface area contributed by atoms with Gasteiger partial charge >= 0.3 is 5.97 Å². The van der Waals surface area contributed by atoms with E-state index in [0.29, 0.717) is 24.1 Å². The molecule has 1 aliphatic rings. The average molecular weight is 330 g/mol. The molecule has 24 heavy (non-hydrogen) atoms. The Morgan fingerprint density at radius 1 is 1.25 bits per heavy atom. The van der Waals surface area contributed by atoms with Crippen LogP contribution < -0.4 is 5.32 Å². The van der Waals surface area contributed by atoms with Crippen molar-refractivity contribution in [3.8, 4) is 0 Å². The maximum absolute atomic E-state index is 12.7. The molecular formula is C17H22N4O3. The van der Waals surface area contributed by atoms with E-state index < -0.39 is 11.9 Å². The van der Waals surface area contributed by atoms with Crippen molar-refractivity contribution >= 4 is 17.5 Å². The highest BCUT2D eigenvalue weighted by atomic mass is 16.4. The molecule has 0 aliphatic heterocycles. The van der Waals surface area contributed by atoms with Crippen molar-refractivity contribution in [3.05, 3.63) is 29.2 Å². The number of carbonyl (C=O) groups is 2. The second-order valence-electron chi connectivity index (χ2n) is 6.50. The fraction of sp³-hybridized carbons (Fsp3) is 0.529. The fourth-order valence-corrected chi connectivity index (χ4v) is 3.45. The summed E-state index contributed by atoms with van der Waals surface area (Å²) in [5, 5.41) is 16.6. The molecule has 0 bridgehead atoms. The fourth-order valence-electron chi connectivity index (χ4n) is 3.45. The Labute approximate surface area is 140 Å². The van der Waals surface area contributed by atoms with Crippen LogP contribution in [0.3, 0.4) is 0 Å². The number of carboxylic acid groups (broad SMARTS) is 1. The van der Waals surface area contributed by atoms with Gasteiger partial charge in [-0.15, -0.1) is 0 Å². The highest BCUT2D eigenvalue weighted by Crippen LogP contribution is 2.24. The lowest BCUT2D eigenvalue weighted by atomic mass is 9.94. The molecule has 2 aromatic heterocycles. The highest BCUT2D eigenvalue weighted by molar-refractivity contribution is 6.00. The molecule has 2 heterocycles. The minimum atomic E-state index is -0.841. The molecule has 0 saturated heterocycles. The number of carbonyl (C=O) groups excluding carboxylic acids is 1. The number of rotatable bonds is 3. The molecule has 1 aliphatic carbocycles. The summed E-state index contributed by atoms with van der Waals surface area (Å²) in [6.07, 6.45) is 5.61. The second-order valence-corrected chi connectivity index (χ2v) is 6.50. The van der Waals surface area contributed by atoms with Crippen LogP contribution in [0.4, 0.5) is 0 Å². The van der Waals surface area contributed by atoms with Crippen LogP contribution in [-0.4, -0.2) is 37.6 Å². The maximum Gasteiger partial charge on any atom is 0.308 e. The number of aryl methyl sites for hydroxylation is 2. The van der Waals surface area contributed by atoms with Crippen molar-refractivity contribution in [2.45, 2.75) is 52.0 Å². The van der Waals surface area contributed by atoms with Crippen molar-refractivity contribution in [3.63, 3.8) is 0 Å². The average Bonchev–Trinajstić information content (AvgIpc) is 2.79. The molecule has 1 amide bonds. The van der Waals surface area contributed by atoms with Gasteiger partial charge in [-0.3, -0.25) is 9.59 Å². The molecule has 0 unspecified atom stereocenters. The summed E-state index contributed by atoms with van der Waals surface area (Å²) < 4.78 is 1.63. The summed E-state index contributed by atoms with van der Waals surface area (Å²) in [7, 11) is 0. The van der Waals surface area contributed by atoms with E-state index in [-0.39, 0.29) is 11.9 Å². The smallest absolute Gasteiger partial charge is 0.308 e. The summed E-state index contributed by atoms with van der Waals surface area (Å²) in [6, 6.07) is 1.55. The van der Waals surface area contributed by atoms with Crippen molar-refractivity contribution in [2.75, 3.05) is 0 Å². The van der Waals surface area contributed by atoms with Gasteiger partial charge in [0.25, 0.3) is 5.91 Å². The van der Waals surface area contributed by atoms with Crippen molar-refractivity contribution in [2.24, 2.45) is 5.92 Å². The third-order valence-corrected chi connectivity index (χ3v) is 4.67. The zero-order valence-corrected chi connectivity index (χ0v) is 14.0. The van der Waals surface area contributed by atoms with Gasteiger partial charge in [0, 0.05) is 17.4 Å². The van der Waals surface area contributed by atoms with Gasteiger partial charge in [0.1, 0.15) is 5.56 Å². The normalized spacial score (nSPS) is 21.4. The summed E-state index contributed by atoms with van der Waals surface area (Å²) in [6.45, 7) is 3.77. The van der Waals surface area contributed by atoms with Gasteiger partial charge in [-0.05, 0) is 32.8 Å². The van der Waals surface area contributed by atoms with Crippen LogP contribution >= 0.6 is 0 Å². The Balaban J connectivity index is 1.87. The monoisotopic (exact) mass is 330 g/mol. The molecule has 0 radical (unpaired) electrons. The standard InChI is InChI=1S/C17H22N4O3/c1-10-8-11(2)21-15(19-10)13(9-18-21)16(22)20-14-7-5-3-4-6-12(14)17(23)24/h8-9,12,14H,3-7H2,1-2H3,(H,20,22)(H,23,24)/t12-,14+/m0/s1. The minimum absolute atomic E-state index is 0.305. The van der Waals surface area contributed by atoms with Crippen LogP contribution in [0.25, 0.3) is 5.65 Å². The van der Waals surface area contributed by atoms with Gasteiger partial charge in [-0.1, -0.05) is 19.3 Å². The second kappa shape index (κ2) is 6.59. The number of amides is 1. The van der Waals surface area contributed by atoms with Gasteiger partial charge in [0.05, 0.1) is 12.1 Å². The number of carboxylic acids is 1. The van der Waals surface area contributed by atoms with E-state index in [2.05, 4.69) is 15.4 Å². The highest BCUT2D eigenvalue weighted by Gasteiger charge is 2.31. The first-order valence-electron chi connectivity index (χ1n) is 8.33. The molecule has 0 aromatic carbocycles. The molecule has 0 spiro atoms. The van der Waals surface area contributed by atoms with Crippen LogP contribution in [0.2, 0.25) is 0 Å². The van der Waals surface area contributed by atoms with E-state index in [1.807, 2.05) is 19.9 Å². The topological polar surface area (TPSA) is 96.6 Å². The zero-order valence-electron chi connectivity index (χ0n) is 14.0. The summed E-state index contributed by atoms with van der Waals surface area (Å²) in [4.78, 5) is 28.6. The van der Waals surface area contributed by atoms with E-state index in [4.69, 9.17) is 0 Å². The Hall–Kier alpha value is -2.44. The molecule has 3 rings (SSSR count). The third kappa shape index (κ3) is 3.11. The predicted molar refractivity (Wildman–Crippen MR) is 87.9 cm³/mol. The number of nitrogens with zero attached hydrogens (tertiary/aromatic N) is 3. The van der Waals surface area contributed by atoms with Crippen LogP contribution in [0.1, 0.15) is 53.8 Å². The molecule has 2 atom stereocenters. The zero-order chi connectivity index (χ0) is 17.3. The number of nitrogens with one attached hydrogen (secondary N) is 1. The predicted octanol–water partition coefficient (Wildman–Crippen LogP) is 2.11. The first kappa shape index (κ1) is 16.4. The number of hydrogen-bond donors (Lipinski definition) is 2. The first-order valence-corrected chi connectivity index (χ1v) is 8.33. The maximum atomic E-state index is 12.7. The van der Waals surface area contributed by atoms with Crippen LogP contribution in [0.5, 0.6) is 0 Å². The summed E-state index contributed by atoms with van der Waals surface area (Å²) in [5.41, 5.74) is 2.60. The number of aromatic nitrogens is 3. The van der Waals surface area contributed by atoms with Crippen molar-refractivity contribution in [1.29, 1.82) is 0 Å². The number of aliphatic carboxylic acids is 1. The third-order valence-electron chi connectivity index (χ3n) is 4.67. The van der Waals surface area contributed by atoms with E-state index in [1.54, 1.807) is 4.52 Å². The lowest BCUT2D eigenvalue weighted by Crippen LogP contribution is -2.42. The molecular weight excluding hydrogens is 308 g/mol. The van der Waals surface area contributed by atoms with Gasteiger partial charge in [0.15, 0.2) is 5.65 Å². The SMILES string of the molecule is Cc1cc(C)n2ncc(C(=O)N[C@@H]3CCCCC[C@@H]3C(=O)O)c2n1. The van der Waals surface area contributed by atoms with E-state index >= 15 is 0 Å². The summed E-state index contributed by atoms with van der Waals surface area (Å²) >= 11 is 0. The van der Waals surface area contributed by atoms with Gasteiger partial charge < -0.3 is 10.4 Å². The van der Waals surface area contributed by atoms with Crippen molar-refractivity contribution < 1.29 is 14.7 Å². The van der Waals surface area contributed by atoms with E-state index in [9.17, 15) is 14.7 Å². The van der Waals surface area contributed by atoms with Crippen LogP contribution in [0, 0.1) is 19.8 Å². The van der Waals surface area contributed by atoms with Crippen molar-refractivity contribution in [1.82, 2.24) is 19.9 Å². The van der Waals surface area contributed by atoms with Gasteiger partial charge in [0.2, 0.25) is 0 Å². The number of fused-ring (bicyclic) bond motifs is 1. The molecule has 7 heteroatoms. The van der Waals surface area contributed by atoms with Gasteiger partial charge in [-0.2, -0.15) is 5.10 Å². The largest absolute Gasteiger partial charge is 0.481 e. The molecule has 2 N–H and O–H groups in total. The molecule has 128 valence electrons. The lowest BCUT2D eigenvalue weighted by molar-refractivity contribution is -0.142. The Kier molecular flexibility index (Phi) is 4.51. The van der Waals surface area contributed by atoms with Crippen LogP contribution in [0.15, 0.2) is 12.3 Å². The van der Waals surface area contributed by atoms with E-state index in [0.717, 1.165) is 30.7 Å². The Morgan fingerprint density at radius 2 is 2.00 bits per heavy atom. The first-order chi connectivity index (χ1) is 11.5. The molecule has 1 saturated carbocycles. The minimum Gasteiger partial charge on any atom is -0.481 e. The van der Waals surface area contributed by atoms with Crippen LogP contribution in [-0.2, 0) is 4.79 Å². The summed E-state index contributed by atoms with van der Waals surface area (Å²) in [5.74, 6) is -1.68. The lowest BCUT2D eigenvalue weighted by Gasteiger charge is -2.22. The molecule has 7 nitrogen and oxygen atoms in total. The Morgan fingerprint density at radius 3 is 2.75 bits per heavy atom. The van der Waals surface area contributed by atoms with E-state index in [1.165, 1.54) is 6.20 Å². The Bertz CT molecular complexity index is 783. The molecule has 2 aromatic rings. The quantitative estimate of drug-likeness (QED) is 0.840. The molecule has 1 fully saturated rings. The number of hydrogen-bond acceptors (Lipinski definition) is 4.